The topological polar surface area (TPSA) is 170 Å². The van der Waals surface area contributed by atoms with Crippen LogP contribution < -0.4 is 20.4 Å². The van der Waals surface area contributed by atoms with Gasteiger partial charge in [0, 0.05) is 0 Å². The lowest BCUT2D eigenvalue weighted by Crippen LogP contribution is -3.18. The molecule has 0 saturated carbocycles. The molecular weight excluding hydrogens is 319 g/mol. The average molecular weight is 339 g/mol. The van der Waals surface area contributed by atoms with Gasteiger partial charge in [-0.2, -0.15) is 0 Å². The van der Waals surface area contributed by atoms with Gasteiger partial charge < -0.3 is 44.5 Å². The minimum atomic E-state index is -5.18. The number of rotatable bonds is 5. The number of piperidine rings is 1. The molecule has 6 atom stereocenters. The summed E-state index contributed by atoms with van der Waals surface area (Å²) in [4.78, 5) is 33.0. The van der Waals surface area contributed by atoms with E-state index < -0.39 is 44.9 Å². The number of carbonyl (C=O) groups is 1. The number of hydrogen-bond donors (Lipinski definition) is 4. The number of carbonyl (C=O) groups excluding carboxylic acids is 1. The lowest BCUT2D eigenvalue weighted by molar-refractivity contribution is -0.956. The van der Waals surface area contributed by atoms with Gasteiger partial charge in [-0.1, -0.05) is 0 Å². The Morgan fingerprint density at radius 2 is 2.09 bits per heavy atom. The van der Waals surface area contributed by atoms with Crippen LogP contribution in [0, 0.1) is 5.92 Å². The highest BCUT2D eigenvalue weighted by atomic mass is 31.2. The molecule has 2 fully saturated rings. The Labute approximate surface area is 127 Å². The molecule has 6 unspecified atom stereocenters. The third-order valence-electron chi connectivity index (χ3n) is 4.12. The average Bonchev–Trinajstić information content (AvgIpc) is 2.72. The summed E-state index contributed by atoms with van der Waals surface area (Å²) in [5.74, 6) is -0.765. The van der Waals surface area contributed by atoms with Gasteiger partial charge in [-0.25, -0.2) is 0 Å². The molecule has 2 saturated heterocycles. The molecule has 2 aliphatic heterocycles. The van der Waals surface area contributed by atoms with Crippen LogP contribution in [-0.2, 0) is 18.6 Å². The van der Waals surface area contributed by atoms with Crippen LogP contribution in [0.15, 0.2) is 0 Å². The number of aliphatic hydroxyl groups is 2. The fraction of sp³-hybridized carbons (Fsp3) is 0.909. The summed E-state index contributed by atoms with van der Waals surface area (Å²) in [7, 11) is -5.18. The Kier molecular flexibility index (Phi) is 5.57. The van der Waals surface area contributed by atoms with E-state index in [0.29, 0.717) is 25.9 Å². The Morgan fingerprint density at radius 3 is 2.68 bits per heavy atom. The first-order valence-corrected chi connectivity index (χ1v) is 8.47. The summed E-state index contributed by atoms with van der Waals surface area (Å²) < 4.78 is 20.0. The number of likely N-dealkylation sites (tertiary alicyclic amines) is 1. The Hall–Kier alpha value is -0.580. The minimum Gasteiger partial charge on any atom is -0.790 e. The van der Waals surface area contributed by atoms with Gasteiger partial charge in [0.15, 0.2) is 6.10 Å². The first kappa shape index (κ1) is 17.8. The van der Waals surface area contributed by atoms with Crippen molar-refractivity contribution in [1.82, 2.24) is 0 Å². The van der Waals surface area contributed by atoms with Crippen molar-refractivity contribution >= 4 is 13.7 Å². The molecule has 2 aliphatic rings. The van der Waals surface area contributed by atoms with Crippen molar-refractivity contribution in [3.05, 3.63) is 0 Å². The fourth-order valence-electron chi connectivity index (χ4n) is 2.99. The van der Waals surface area contributed by atoms with Crippen molar-refractivity contribution in [2.75, 3.05) is 19.7 Å². The maximum atomic E-state index is 11.3. The molecule has 0 aromatic carbocycles. The van der Waals surface area contributed by atoms with E-state index in [0.717, 1.165) is 4.90 Å². The summed E-state index contributed by atoms with van der Waals surface area (Å²) in [5.41, 5.74) is 5.29. The number of hydrogen-bond acceptors (Lipinski definition) is 8. The summed E-state index contributed by atoms with van der Waals surface area (Å²) >= 11 is 0. The van der Waals surface area contributed by atoms with Gasteiger partial charge in [0.1, 0.15) is 12.2 Å². The van der Waals surface area contributed by atoms with Crippen molar-refractivity contribution < 1.29 is 43.5 Å². The van der Waals surface area contributed by atoms with Gasteiger partial charge >= 0.3 is 0 Å². The summed E-state index contributed by atoms with van der Waals surface area (Å²) in [6.45, 7) is 0.317. The van der Waals surface area contributed by atoms with Gasteiger partial charge in [-0.15, -0.1) is 0 Å². The highest BCUT2D eigenvalue weighted by Gasteiger charge is 2.49. The van der Waals surface area contributed by atoms with E-state index in [4.69, 9.17) is 10.5 Å². The fourth-order valence-corrected chi connectivity index (χ4v) is 3.32. The smallest absolute Gasteiger partial charge is 0.226 e. The molecule has 5 N–H and O–H groups in total. The number of quaternary nitrogens is 1. The van der Waals surface area contributed by atoms with Crippen LogP contribution >= 0.6 is 7.82 Å². The summed E-state index contributed by atoms with van der Waals surface area (Å²) in [5, 5.41) is 19.9. The normalized spacial score (nSPS) is 39.8. The zero-order valence-electron chi connectivity index (χ0n) is 11.8. The third kappa shape index (κ3) is 4.24. The van der Waals surface area contributed by atoms with E-state index in [1.54, 1.807) is 0 Å². The quantitative estimate of drug-likeness (QED) is 0.361. The Morgan fingerprint density at radius 1 is 1.41 bits per heavy atom. The Bertz CT molecular complexity index is 457. The number of aliphatic hydroxyl groups excluding tert-OH is 2. The van der Waals surface area contributed by atoms with Crippen LogP contribution in [0.4, 0.5) is 0 Å². The van der Waals surface area contributed by atoms with Gasteiger partial charge in [0.05, 0.1) is 33.4 Å². The number of ether oxygens (including phenoxy) is 1. The molecule has 22 heavy (non-hydrogen) atoms. The van der Waals surface area contributed by atoms with Gasteiger partial charge in [-0.3, -0.25) is 4.79 Å². The zero-order chi connectivity index (χ0) is 16.5. The largest absolute Gasteiger partial charge is 0.790 e. The second kappa shape index (κ2) is 6.90. The van der Waals surface area contributed by atoms with Gasteiger partial charge in [0.2, 0.25) is 12.1 Å². The molecule has 0 spiro atoms. The van der Waals surface area contributed by atoms with E-state index in [1.807, 2.05) is 0 Å². The van der Waals surface area contributed by atoms with Crippen molar-refractivity contribution in [3.8, 4) is 0 Å². The van der Waals surface area contributed by atoms with Crippen molar-refractivity contribution in [3.63, 3.8) is 0 Å². The van der Waals surface area contributed by atoms with E-state index in [1.165, 1.54) is 0 Å². The van der Waals surface area contributed by atoms with Crippen LogP contribution in [0.5, 0.6) is 0 Å². The van der Waals surface area contributed by atoms with E-state index >= 15 is 0 Å². The maximum absolute atomic E-state index is 11.3. The monoisotopic (exact) mass is 339 g/mol. The van der Waals surface area contributed by atoms with E-state index in [2.05, 4.69) is 4.52 Å². The molecule has 2 heterocycles. The predicted molar refractivity (Wildman–Crippen MR) is 66.8 cm³/mol. The van der Waals surface area contributed by atoms with Gasteiger partial charge in [-0.05, 0) is 12.8 Å². The maximum Gasteiger partial charge on any atom is 0.226 e. The number of phosphoric ester groups is 1. The molecule has 0 radical (unpaired) electrons. The van der Waals surface area contributed by atoms with Crippen LogP contribution in [-0.4, -0.2) is 60.4 Å². The minimum absolute atomic E-state index is 0.338. The zero-order valence-corrected chi connectivity index (χ0v) is 12.7. The number of nitrogens with one attached hydrogen (secondary N) is 1. The van der Waals surface area contributed by atoms with Crippen molar-refractivity contribution in [2.24, 2.45) is 11.7 Å². The number of phosphoric acid groups is 1. The molecule has 0 aromatic rings. The SMILES string of the molecule is NC(=O)C1CCC[NH+](C2OC(COP(=O)([O-])[O-])C(O)C2O)C1. The highest BCUT2D eigenvalue weighted by molar-refractivity contribution is 7.43. The first-order valence-electron chi connectivity index (χ1n) is 7.01. The molecule has 0 aromatic heterocycles. The number of primary amides is 1. The molecular formula is C11H20N2O8P-. The molecule has 128 valence electrons. The van der Waals surface area contributed by atoms with Crippen LogP contribution in [0.2, 0.25) is 0 Å². The Balaban J connectivity index is 1.97. The highest BCUT2D eigenvalue weighted by Crippen LogP contribution is 2.28. The first-order chi connectivity index (χ1) is 10.2. The number of nitrogens with two attached hydrogens (primary N) is 1. The number of amides is 1. The van der Waals surface area contributed by atoms with Crippen molar-refractivity contribution in [1.29, 1.82) is 0 Å². The lowest BCUT2D eigenvalue weighted by atomic mass is 9.96. The molecule has 0 aliphatic carbocycles. The molecule has 11 heteroatoms. The van der Waals surface area contributed by atoms with Crippen molar-refractivity contribution in [2.45, 2.75) is 37.4 Å². The standard InChI is InChI=1S/C11H21N2O8P/c12-10(16)6-2-1-3-13(4-6)11-9(15)8(14)7(21-11)5-20-22(17,18)19/h6-9,11,14-15H,1-5H2,(H2,12,16)(H2,17,18,19)/p-1. The summed E-state index contributed by atoms with van der Waals surface area (Å²) in [6.07, 6.45) is -3.23. The lowest BCUT2D eigenvalue weighted by Gasteiger charge is -2.33. The molecule has 2 rings (SSSR count). The van der Waals surface area contributed by atoms with E-state index in [9.17, 15) is 29.4 Å². The van der Waals surface area contributed by atoms with Crippen LogP contribution in [0.3, 0.4) is 0 Å². The second-order valence-electron chi connectivity index (χ2n) is 5.67. The third-order valence-corrected chi connectivity index (χ3v) is 4.59. The van der Waals surface area contributed by atoms with Gasteiger partial charge in [0.25, 0.3) is 0 Å². The van der Waals surface area contributed by atoms with Crippen LogP contribution in [0.1, 0.15) is 12.8 Å². The predicted octanol–water partition coefficient (Wildman–Crippen LogP) is -4.94. The van der Waals surface area contributed by atoms with E-state index in [-0.39, 0.29) is 5.92 Å². The van der Waals surface area contributed by atoms with Crippen LogP contribution in [0.25, 0.3) is 0 Å². The molecule has 1 amide bonds. The molecule has 10 nitrogen and oxygen atoms in total. The summed E-state index contributed by atoms with van der Waals surface area (Å²) in [6, 6.07) is 0. The second-order valence-corrected chi connectivity index (χ2v) is 6.83. The molecule has 0 bridgehead atoms.